The quantitative estimate of drug-likeness (QED) is 0.224. The zero-order chi connectivity index (χ0) is 21.5. The molecule has 0 radical (unpaired) electrons. The number of carbonyl (C=O) groups is 1. The average Bonchev–Trinajstić information content (AvgIpc) is 3.21. The summed E-state index contributed by atoms with van der Waals surface area (Å²) < 4.78 is 5.76. The second kappa shape index (κ2) is 10.1. The minimum Gasteiger partial charge on any atom is -0.489 e. The fourth-order valence-corrected chi connectivity index (χ4v) is 3.54. The third-order valence-electron chi connectivity index (χ3n) is 4.31. The van der Waals surface area contributed by atoms with E-state index in [0.717, 1.165) is 27.9 Å². The first kappa shape index (κ1) is 21.0. The van der Waals surface area contributed by atoms with Gasteiger partial charge < -0.3 is 9.72 Å². The normalized spacial score (nSPS) is 11.1. The van der Waals surface area contributed by atoms with E-state index in [1.165, 1.54) is 11.8 Å². The van der Waals surface area contributed by atoms with Gasteiger partial charge in [0.05, 0.1) is 23.0 Å². The second-order valence-electron chi connectivity index (χ2n) is 6.63. The van der Waals surface area contributed by atoms with Crippen molar-refractivity contribution in [3.63, 3.8) is 0 Å². The Morgan fingerprint density at radius 2 is 1.87 bits per heavy atom. The number of nitrogens with one attached hydrogen (secondary N) is 2. The maximum atomic E-state index is 12.0. The molecule has 0 aliphatic rings. The van der Waals surface area contributed by atoms with Crippen molar-refractivity contribution < 1.29 is 9.53 Å². The standard InChI is InChI=1S/C23H19ClN4O2S/c24-18-9-5-17(6-10-18)14-30-19-11-7-16(8-12-19)13-25-28-22(29)15-31-23-26-20-3-1-2-4-21(20)27-23/h1-13H,14-15H2,(H,26,27)(H,28,29)/b25-13-. The molecular formula is C23H19ClN4O2S. The largest absolute Gasteiger partial charge is 0.489 e. The lowest BCUT2D eigenvalue weighted by Gasteiger charge is -2.06. The number of imidazole rings is 1. The molecular weight excluding hydrogens is 432 g/mol. The Morgan fingerprint density at radius 3 is 2.65 bits per heavy atom. The highest BCUT2D eigenvalue weighted by molar-refractivity contribution is 7.99. The summed E-state index contributed by atoms with van der Waals surface area (Å²) >= 11 is 7.21. The van der Waals surface area contributed by atoms with Crippen LogP contribution in [0.5, 0.6) is 5.75 Å². The van der Waals surface area contributed by atoms with Gasteiger partial charge in [-0.1, -0.05) is 47.6 Å². The van der Waals surface area contributed by atoms with Gasteiger partial charge in [0.2, 0.25) is 0 Å². The Hall–Kier alpha value is -3.29. The molecule has 156 valence electrons. The van der Waals surface area contributed by atoms with Gasteiger partial charge in [-0.15, -0.1) is 0 Å². The number of nitrogens with zero attached hydrogens (tertiary/aromatic N) is 2. The number of ether oxygens (including phenoxy) is 1. The SMILES string of the molecule is O=C(CSc1nc2ccccc2[nH]1)N/N=C\c1ccc(OCc2ccc(Cl)cc2)cc1. The first-order valence-corrected chi connectivity index (χ1v) is 10.9. The third-order valence-corrected chi connectivity index (χ3v) is 5.43. The highest BCUT2D eigenvalue weighted by Crippen LogP contribution is 2.19. The fraction of sp³-hybridized carbons (Fsp3) is 0.0870. The van der Waals surface area contributed by atoms with Gasteiger partial charge in [-0.3, -0.25) is 4.79 Å². The van der Waals surface area contributed by atoms with E-state index in [9.17, 15) is 4.79 Å². The monoisotopic (exact) mass is 450 g/mol. The first-order valence-electron chi connectivity index (χ1n) is 9.52. The van der Waals surface area contributed by atoms with Crippen LogP contribution in [0.3, 0.4) is 0 Å². The van der Waals surface area contributed by atoms with Gasteiger partial charge in [0.25, 0.3) is 5.91 Å². The van der Waals surface area contributed by atoms with E-state index in [4.69, 9.17) is 16.3 Å². The Balaban J connectivity index is 1.21. The van der Waals surface area contributed by atoms with Crippen LogP contribution in [-0.2, 0) is 11.4 Å². The predicted octanol–water partition coefficient (Wildman–Crippen LogP) is 5.04. The number of rotatable bonds is 8. The van der Waals surface area contributed by atoms with Gasteiger partial charge in [-0.25, -0.2) is 10.4 Å². The molecule has 1 aromatic heterocycles. The van der Waals surface area contributed by atoms with Gasteiger partial charge in [0.15, 0.2) is 5.16 Å². The highest BCUT2D eigenvalue weighted by atomic mass is 35.5. The lowest BCUT2D eigenvalue weighted by atomic mass is 10.2. The molecule has 6 nitrogen and oxygen atoms in total. The lowest BCUT2D eigenvalue weighted by Crippen LogP contribution is -2.19. The van der Waals surface area contributed by atoms with Crippen LogP contribution >= 0.6 is 23.4 Å². The van der Waals surface area contributed by atoms with E-state index in [0.29, 0.717) is 16.8 Å². The van der Waals surface area contributed by atoms with Gasteiger partial charge in [-0.05, 0) is 59.7 Å². The summed E-state index contributed by atoms with van der Waals surface area (Å²) in [4.78, 5) is 19.6. The van der Waals surface area contributed by atoms with Crippen molar-refractivity contribution in [2.24, 2.45) is 5.10 Å². The van der Waals surface area contributed by atoms with Gasteiger partial charge in [-0.2, -0.15) is 5.10 Å². The van der Waals surface area contributed by atoms with E-state index in [-0.39, 0.29) is 11.7 Å². The molecule has 0 atom stereocenters. The number of aromatic nitrogens is 2. The van der Waals surface area contributed by atoms with Crippen LogP contribution in [0.1, 0.15) is 11.1 Å². The summed E-state index contributed by atoms with van der Waals surface area (Å²) in [6, 6.07) is 22.7. The number of hydrazone groups is 1. The van der Waals surface area contributed by atoms with Crippen molar-refractivity contribution in [3.8, 4) is 5.75 Å². The number of benzene rings is 3. The molecule has 0 aliphatic carbocycles. The number of carbonyl (C=O) groups excluding carboxylic acids is 1. The molecule has 0 saturated carbocycles. The van der Waals surface area contributed by atoms with E-state index >= 15 is 0 Å². The zero-order valence-corrected chi connectivity index (χ0v) is 18.0. The van der Waals surface area contributed by atoms with Crippen LogP contribution in [0.4, 0.5) is 0 Å². The van der Waals surface area contributed by atoms with Crippen molar-refractivity contribution in [1.29, 1.82) is 0 Å². The van der Waals surface area contributed by atoms with Crippen molar-refractivity contribution in [2.75, 3.05) is 5.75 Å². The van der Waals surface area contributed by atoms with Crippen molar-refractivity contribution in [3.05, 3.63) is 88.9 Å². The number of hydrogen-bond donors (Lipinski definition) is 2. The zero-order valence-electron chi connectivity index (χ0n) is 16.4. The summed E-state index contributed by atoms with van der Waals surface area (Å²) in [5.74, 6) is 0.761. The van der Waals surface area contributed by atoms with Crippen molar-refractivity contribution >= 4 is 46.5 Å². The van der Waals surface area contributed by atoms with E-state index in [1.807, 2.05) is 72.8 Å². The number of thioether (sulfide) groups is 1. The molecule has 3 aromatic carbocycles. The van der Waals surface area contributed by atoms with Crippen molar-refractivity contribution in [2.45, 2.75) is 11.8 Å². The lowest BCUT2D eigenvalue weighted by molar-refractivity contribution is -0.118. The Bertz CT molecular complexity index is 1160. The summed E-state index contributed by atoms with van der Waals surface area (Å²) in [6.45, 7) is 0.462. The molecule has 1 heterocycles. The Morgan fingerprint density at radius 1 is 1.10 bits per heavy atom. The molecule has 0 bridgehead atoms. The molecule has 0 fully saturated rings. The smallest absolute Gasteiger partial charge is 0.250 e. The maximum Gasteiger partial charge on any atom is 0.250 e. The molecule has 31 heavy (non-hydrogen) atoms. The molecule has 2 N–H and O–H groups in total. The Kier molecular flexibility index (Phi) is 6.86. The summed E-state index contributed by atoms with van der Waals surface area (Å²) in [7, 11) is 0. The molecule has 4 aromatic rings. The molecule has 8 heteroatoms. The van der Waals surface area contributed by atoms with Gasteiger partial charge >= 0.3 is 0 Å². The molecule has 1 amide bonds. The van der Waals surface area contributed by atoms with Crippen LogP contribution in [0, 0.1) is 0 Å². The van der Waals surface area contributed by atoms with E-state index in [1.54, 1.807) is 6.21 Å². The van der Waals surface area contributed by atoms with E-state index in [2.05, 4.69) is 20.5 Å². The van der Waals surface area contributed by atoms with E-state index < -0.39 is 0 Å². The second-order valence-corrected chi connectivity index (χ2v) is 8.03. The minimum absolute atomic E-state index is 0.204. The first-order chi connectivity index (χ1) is 15.2. The molecule has 0 unspecified atom stereocenters. The van der Waals surface area contributed by atoms with Crippen LogP contribution < -0.4 is 10.2 Å². The number of H-pyrrole nitrogens is 1. The number of amides is 1. The predicted molar refractivity (Wildman–Crippen MR) is 125 cm³/mol. The number of para-hydroxylation sites is 2. The van der Waals surface area contributed by atoms with Crippen LogP contribution in [0.2, 0.25) is 5.02 Å². The maximum absolute atomic E-state index is 12.0. The summed E-state index contributed by atoms with van der Waals surface area (Å²) in [5.41, 5.74) is 6.24. The third kappa shape index (κ3) is 6.10. The number of fused-ring (bicyclic) bond motifs is 1. The summed E-state index contributed by atoms with van der Waals surface area (Å²) in [6.07, 6.45) is 1.59. The van der Waals surface area contributed by atoms with Crippen LogP contribution in [0.25, 0.3) is 11.0 Å². The molecule has 0 saturated heterocycles. The molecule has 0 aliphatic heterocycles. The number of hydrogen-bond acceptors (Lipinski definition) is 5. The van der Waals surface area contributed by atoms with Gasteiger partial charge in [0, 0.05) is 5.02 Å². The minimum atomic E-state index is -0.204. The highest BCUT2D eigenvalue weighted by Gasteiger charge is 2.06. The fourth-order valence-electron chi connectivity index (χ4n) is 2.74. The summed E-state index contributed by atoms with van der Waals surface area (Å²) in [5, 5.41) is 5.41. The molecule has 4 rings (SSSR count). The topological polar surface area (TPSA) is 79.4 Å². The average molecular weight is 451 g/mol. The van der Waals surface area contributed by atoms with Crippen LogP contribution in [0.15, 0.2) is 83.1 Å². The number of aromatic amines is 1. The van der Waals surface area contributed by atoms with Crippen LogP contribution in [-0.4, -0.2) is 27.8 Å². The Labute approximate surface area is 188 Å². The van der Waals surface area contributed by atoms with Crippen molar-refractivity contribution in [1.82, 2.24) is 15.4 Å². The van der Waals surface area contributed by atoms with Gasteiger partial charge in [0.1, 0.15) is 12.4 Å². The molecule has 0 spiro atoms. The number of halogens is 1.